The first-order valence-electron chi connectivity index (χ1n) is 8.32. The molecule has 3 aromatic rings. The number of aromatic nitrogens is 4. The summed E-state index contributed by atoms with van der Waals surface area (Å²) in [7, 11) is 0. The smallest absolute Gasteiger partial charge is 0.277 e. The van der Waals surface area contributed by atoms with Crippen LogP contribution in [-0.4, -0.2) is 25.5 Å². The van der Waals surface area contributed by atoms with Crippen LogP contribution in [0.15, 0.2) is 24.4 Å². The molecule has 1 aromatic carbocycles. The Morgan fingerprint density at radius 1 is 1.11 bits per heavy atom. The van der Waals surface area contributed by atoms with Crippen molar-refractivity contribution in [3.8, 4) is 0 Å². The number of benzene rings is 1. The van der Waals surface area contributed by atoms with Crippen molar-refractivity contribution < 1.29 is 4.79 Å². The van der Waals surface area contributed by atoms with E-state index in [4.69, 9.17) is 34.8 Å². The fourth-order valence-corrected chi connectivity index (χ4v) is 3.29. The van der Waals surface area contributed by atoms with Gasteiger partial charge in [0.2, 0.25) is 0 Å². The largest absolute Gasteiger partial charge is 0.317 e. The molecule has 142 valence electrons. The molecule has 9 heteroatoms. The van der Waals surface area contributed by atoms with E-state index in [1.54, 1.807) is 27.7 Å². The summed E-state index contributed by atoms with van der Waals surface area (Å²) in [6.07, 6.45) is 1.63. The predicted molar refractivity (Wildman–Crippen MR) is 108 cm³/mol. The van der Waals surface area contributed by atoms with Crippen molar-refractivity contribution >= 4 is 46.4 Å². The molecule has 0 aliphatic heterocycles. The topological polar surface area (TPSA) is 64.7 Å². The quantitative estimate of drug-likeness (QED) is 0.626. The molecular formula is C18H18Cl3N5O. The van der Waals surface area contributed by atoms with Gasteiger partial charge in [0.25, 0.3) is 5.91 Å². The number of carbonyl (C=O) groups is 1. The molecule has 0 bridgehead atoms. The van der Waals surface area contributed by atoms with Crippen LogP contribution in [0.4, 0.5) is 5.69 Å². The SMILES string of the molecule is CCn1cc(Cl)c(C(=O)Nc2c(C)nn(Cc3ccc(Cl)c(Cl)c3)c2C)n1. The van der Waals surface area contributed by atoms with Crippen molar-refractivity contribution in [2.45, 2.75) is 33.9 Å². The van der Waals surface area contributed by atoms with E-state index in [2.05, 4.69) is 15.5 Å². The average molecular weight is 427 g/mol. The minimum absolute atomic E-state index is 0.189. The van der Waals surface area contributed by atoms with Gasteiger partial charge in [-0.1, -0.05) is 40.9 Å². The van der Waals surface area contributed by atoms with Crippen molar-refractivity contribution in [3.05, 3.63) is 62.1 Å². The Balaban J connectivity index is 1.83. The van der Waals surface area contributed by atoms with Gasteiger partial charge in [-0.2, -0.15) is 10.2 Å². The van der Waals surface area contributed by atoms with Crippen LogP contribution in [0.25, 0.3) is 0 Å². The van der Waals surface area contributed by atoms with Gasteiger partial charge in [-0.3, -0.25) is 14.2 Å². The average Bonchev–Trinajstić information content (AvgIpc) is 3.13. The second-order valence-electron chi connectivity index (χ2n) is 6.09. The lowest BCUT2D eigenvalue weighted by atomic mass is 10.2. The van der Waals surface area contributed by atoms with E-state index >= 15 is 0 Å². The second kappa shape index (κ2) is 7.92. The first-order chi connectivity index (χ1) is 12.8. The number of nitrogens with zero attached hydrogens (tertiary/aromatic N) is 4. The zero-order valence-electron chi connectivity index (χ0n) is 15.1. The third kappa shape index (κ3) is 4.13. The fourth-order valence-electron chi connectivity index (χ4n) is 2.73. The molecule has 6 nitrogen and oxygen atoms in total. The molecule has 2 aromatic heterocycles. The van der Waals surface area contributed by atoms with Crippen LogP contribution in [0, 0.1) is 13.8 Å². The van der Waals surface area contributed by atoms with Crippen LogP contribution < -0.4 is 5.32 Å². The molecule has 1 amide bonds. The third-order valence-corrected chi connectivity index (χ3v) is 5.21. The minimum Gasteiger partial charge on any atom is -0.317 e. The van der Waals surface area contributed by atoms with Crippen molar-refractivity contribution in [2.24, 2.45) is 0 Å². The first-order valence-corrected chi connectivity index (χ1v) is 9.45. The number of carbonyl (C=O) groups excluding carboxylic acids is 1. The van der Waals surface area contributed by atoms with Crippen LogP contribution in [-0.2, 0) is 13.1 Å². The van der Waals surface area contributed by atoms with Crippen molar-refractivity contribution in [3.63, 3.8) is 0 Å². The summed E-state index contributed by atoms with van der Waals surface area (Å²) in [4.78, 5) is 12.6. The standard InChI is InChI=1S/C18H18Cl3N5O/c1-4-25-9-15(21)17(24-25)18(27)22-16-10(2)23-26(11(16)3)8-12-5-6-13(19)14(20)7-12/h5-7,9H,4,8H2,1-3H3,(H,22,27). The summed E-state index contributed by atoms with van der Waals surface area (Å²) >= 11 is 18.2. The normalized spacial score (nSPS) is 11.0. The lowest BCUT2D eigenvalue weighted by molar-refractivity contribution is 0.102. The molecule has 1 N–H and O–H groups in total. The zero-order chi connectivity index (χ0) is 19.7. The molecule has 27 heavy (non-hydrogen) atoms. The molecule has 0 aliphatic carbocycles. The number of amides is 1. The number of aryl methyl sites for hydroxylation is 2. The van der Waals surface area contributed by atoms with Gasteiger partial charge in [0.15, 0.2) is 5.69 Å². The van der Waals surface area contributed by atoms with E-state index in [0.29, 0.717) is 39.5 Å². The Morgan fingerprint density at radius 2 is 1.85 bits per heavy atom. The maximum atomic E-state index is 12.6. The van der Waals surface area contributed by atoms with E-state index in [9.17, 15) is 4.79 Å². The number of anilines is 1. The molecule has 2 heterocycles. The first kappa shape index (κ1) is 19.7. The molecule has 3 rings (SSSR count). The molecule has 0 atom stereocenters. The highest BCUT2D eigenvalue weighted by Gasteiger charge is 2.20. The Labute approximate surface area is 172 Å². The Bertz CT molecular complexity index is 1010. The third-order valence-electron chi connectivity index (χ3n) is 4.19. The van der Waals surface area contributed by atoms with Crippen molar-refractivity contribution in [2.75, 3.05) is 5.32 Å². The van der Waals surface area contributed by atoms with E-state index in [0.717, 1.165) is 11.3 Å². The maximum absolute atomic E-state index is 12.6. The van der Waals surface area contributed by atoms with E-state index in [1.165, 1.54) is 0 Å². The minimum atomic E-state index is -0.368. The Kier molecular flexibility index (Phi) is 5.79. The lowest BCUT2D eigenvalue weighted by Gasteiger charge is -2.07. The van der Waals surface area contributed by atoms with Gasteiger partial charge < -0.3 is 5.32 Å². The van der Waals surface area contributed by atoms with Crippen LogP contribution in [0.5, 0.6) is 0 Å². The van der Waals surface area contributed by atoms with Crippen LogP contribution in [0.2, 0.25) is 15.1 Å². The predicted octanol–water partition coefficient (Wildman–Crippen LogP) is 4.98. The number of hydrogen-bond donors (Lipinski definition) is 1. The van der Waals surface area contributed by atoms with Gasteiger partial charge >= 0.3 is 0 Å². The number of nitrogens with one attached hydrogen (secondary N) is 1. The van der Waals surface area contributed by atoms with Gasteiger partial charge in [-0.05, 0) is 38.5 Å². The van der Waals surface area contributed by atoms with Gasteiger partial charge in [0.05, 0.1) is 38.7 Å². The van der Waals surface area contributed by atoms with Crippen LogP contribution in [0.3, 0.4) is 0 Å². The van der Waals surface area contributed by atoms with Crippen molar-refractivity contribution in [1.82, 2.24) is 19.6 Å². The van der Waals surface area contributed by atoms with E-state index in [-0.39, 0.29) is 11.6 Å². The fraction of sp³-hybridized carbons (Fsp3) is 0.278. The second-order valence-corrected chi connectivity index (χ2v) is 7.31. The Morgan fingerprint density at radius 3 is 2.48 bits per heavy atom. The summed E-state index contributed by atoms with van der Waals surface area (Å²) in [5, 5.41) is 12.9. The van der Waals surface area contributed by atoms with E-state index in [1.807, 2.05) is 26.8 Å². The molecule has 0 spiro atoms. The summed E-state index contributed by atoms with van der Waals surface area (Å²) < 4.78 is 3.42. The number of halogens is 3. The molecule has 0 saturated carbocycles. The summed E-state index contributed by atoms with van der Waals surface area (Å²) in [6.45, 7) is 6.78. The number of hydrogen-bond acceptors (Lipinski definition) is 3. The van der Waals surface area contributed by atoms with Gasteiger partial charge in [-0.25, -0.2) is 0 Å². The van der Waals surface area contributed by atoms with Gasteiger partial charge in [0.1, 0.15) is 0 Å². The highest BCUT2D eigenvalue weighted by Crippen LogP contribution is 2.25. The maximum Gasteiger partial charge on any atom is 0.277 e. The molecule has 0 saturated heterocycles. The molecular weight excluding hydrogens is 409 g/mol. The molecule has 0 aliphatic rings. The molecule has 0 fully saturated rings. The summed E-state index contributed by atoms with van der Waals surface area (Å²) in [6, 6.07) is 5.44. The van der Waals surface area contributed by atoms with Crippen LogP contribution in [0.1, 0.15) is 34.4 Å². The highest BCUT2D eigenvalue weighted by molar-refractivity contribution is 6.42. The van der Waals surface area contributed by atoms with Crippen LogP contribution >= 0.6 is 34.8 Å². The Hall–Kier alpha value is -2.02. The molecule has 0 unspecified atom stereocenters. The number of rotatable bonds is 5. The van der Waals surface area contributed by atoms with Gasteiger partial charge in [-0.15, -0.1) is 0 Å². The van der Waals surface area contributed by atoms with E-state index < -0.39 is 0 Å². The monoisotopic (exact) mass is 425 g/mol. The van der Waals surface area contributed by atoms with Gasteiger partial charge in [0, 0.05) is 12.7 Å². The summed E-state index contributed by atoms with van der Waals surface area (Å²) in [5.74, 6) is -0.368. The summed E-state index contributed by atoms with van der Waals surface area (Å²) in [5.41, 5.74) is 3.30. The molecule has 0 radical (unpaired) electrons. The zero-order valence-corrected chi connectivity index (χ0v) is 17.3. The lowest BCUT2D eigenvalue weighted by Crippen LogP contribution is -2.15. The van der Waals surface area contributed by atoms with Crippen molar-refractivity contribution in [1.29, 1.82) is 0 Å². The highest BCUT2D eigenvalue weighted by atomic mass is 35.5.